The lowest BCUT2D eigenvalue weighted by Crippen LogP contribution is -2.06. The Labute approximate surface area is 97.7 Å². The maximum atomic E-state index is 12.1. The van der Waals surface area contributed by atoms with Gasteiger partial charge in [0.05, 0.1) is 4.92 Å². The minimum absolute atomic E-state index is 0.0926. The molecule has 0 amide bonds. The molecule has 0 aliphatic rings. The van der Waals surface area contributed by atoms with Crippen LogP contribution in [0.3, 0.4) is 0 Å². The van der Waals surface area contributed by atoms with E-state index in [0.29, 0.717) is 4.47 Å². The van der Waals surface area contributed by atoms with Gasteiger partial charge >= 0.3 is 12.3 Å². The van der Waals surface area contributed by atoms with Crippen molar-refractivity contribution < 1.29 is 18.4 Å². The van der Waals surface area contributed by atoms with Crippen LogP contribution in [0.1, 0.15) is 0 Å². The zero-order valence-corrected chi connectivity index (χ0v) is 9.62. The summed E-state index contributed by atoms with van der Waals surface area (Å²) in [4.78, 5) is 9.94. The van der Waals surface area contributed by atoms with Crippen LogP contribution in [0.15, 0.2) is 16.6 Å². The molecule has 88 valence electrons. The molecular formula is C8H7BrF2N2O3. The molecule has 1 aromatic carbocycles. The highest BCUT2D eigenvalue weighted by molar-refractivity contribution is 9.10. The van der Waals surface area contributed by atoms with Gasteiger partial charge in [-0.05, 0) is 6.07 Å². The van der Waals surface area contributed by atoms with Crippen LogP contribution < -0.4 is 10.1 Å². The third-order valence-electron chi connectivity index (χ3n) is 1.71. The molecule has 0 spiro atoms. The lowest BCUT2D eigenvalue weighted by Gasteiger charge is -2.09. The fourth-order valence-electron chi connectivity index (χ4n) is 1.14. The summed E-state index contributed by atoms with van der Waals surface area (Å²) in [5.41, 5.74) is -0.430. The molecule has 5 nitrogen and oxygen atoms in total. The summed E-state index contributed by atoms with van der Waals surface area (Å²) in [5, 5.41) is 13.3. The van der Waals surface area contributed by atoms with E-state index >= 15 is 0 Å². The van der Waals surface area contributed by atoms with Gasteiger partial charge in [-0.2, -0.15) is 8.78 Å². The Morgan fingerprint density at radius 1 is 1.56 bits per heavy atom. The molecule has 0 atom stereocenters. The normalized spacial score (nSPS) is 10.3. The Morgan fingerprint density at radius 3 is 2.62 bits per heavy atom. The van der Waals surface area contributed by atoms with E-state index < -0.39 is 23.0 Å². The fraction of sp³-hybridized carbons (Fsp3) is 0.250. The van der Waals surface area contributed by atoms with Crippen LogP contribution in [-0.4, -0.2) is 18.6 Å². The highest BCUT2D eigenvalue weighted by Crippen LogP contribution is 2.38. The van der Waals surface area contributed by atoms with Gasteiger partial charge in [-0.25, -0.2) is 0 Å². The number of ether oxygens (including phenoxy) is 1. The van der Waals surface area contributed by atoms with Crippen LogP contribution in [0.5, 0.6) is 5.75 Å². The van der Waals surface area contributed by atoms with Crippen LogP contribution in [0.2, 0.25) is 0 Å². The van der Waals surface area contributed by atoms with Gasteiger partial charge in [-0.3, -0.25) is 10.1 Å². The number of anilines is 1. The fourth-order valence-corrected chi connectivity index (χ4v) is 1.58. The Morgan fingerprint density at radius 2 is 2.19 bits per heavy atom. The van der Waals surface area contributed by atoms with Crippen LogP contribution in [-0.2, 0) is 0 Å². The topological polar surface area (TPSA) is 64.4 Å². The van der Waals surface area contributed by atoms with E-state index in [2.05, 4.69) is 26.0 Å². The Balaban J connectivity index is 3.32. The van der Waals surface area contributed by atoms with Crippen molar-refractivity contribution in [3.05, 3.63) is 26.7 Å². The summed E-state index contributed by atoms with van der Waals surface area (Å²) < 4.78 is 28.6. The molecule has 0 aliphatic carbocycles. The number of nitro groups is 1. The van der Waals surface area contributed by atoms with Crippen molar-refractivity contribution in [2.75, 3.05) is 12.4 Å². The number of benzene rings is 1. The van der Waals surface area contributed by atoms with Crippen LogP contribution in [0.4, 0.5) is 20.2 Å². The number of rotatable bonds is 4. The first-order chi connectivity index (χ1) is 7.45. The molecule has 0 bridgehead atoms. The standard InChI is InChI=1S/C8H7BrF2N2O3/c1-12-5-2-4(9)3-6(16-8(10)11)7(5)13(14)15/h2-3,8,12H,1H3. The van der Waals surface area contributed by atoms with Gasteiger partial charge in [-0.15, -0.1) is 0 Å². The van der Waals surface area contributed by atoms with Gasteiger partial charge in [0, 0.05) is 17.6 Å². The summed E-state index contributed by atoms with van der Waals surface area (Å²) >= 11 is 3.04. The lowest BCUT2D eigenvalue weighted by atomic mass is 10.2. The van der Waals surface area contributed by atoms with E-state index in [1.807, 2.05) is 0 Å². The average molecular weight is 297 g/mol. The van der Waals surface area contributed by atoms with Crippen molar-refractivity contribution in [1.82, 2.24) is 0 Å². The summed E-state index contributed by atoms with van der Waals surface area (Å²) in [6, 6.07) is 2.52. The second kappa shape index (κ2) is 5.06. The zero-order chi connectivity index (χ0) is 12.3. The molecule has 0 saturated carbocycles. The van der Waals surface area contributed by atoms with Crippen molar-refractivity contribution in [1.29, 1.82) is 0 Å². The number of hydrogen-bond donors (Lipinski definition) is 1. The summed E-state index contributed by atoms with van der Waals surface area (Å²) in [6.07, 6.45) is 0. The molecule has 16 heavy (non-hydrogen) atoms. The minimum atomic E-state index is -3.11. The zero-order valence-electron chi connectivity index (χ0n) is 8.04. The van der Waals surface area contributed by atoms with Crippen molar-refractivity contribution in [2.45, 2.75) is 6.61 Å². The third kappa shape index (κ3) is 2.78. The Hall–Kier alpha value is -1.44. The first-order valence-corrected chi connectivity index (χ1v) is 4.85. The van der Waals surface area contributed by atoms with Crippen molar-refractivity contribution in [3.63, 3.8) is 0 Å². The number of nitro benzene ring substituents is 1. The second-order valence-electron chi connectivity index (χ2n) is 2.69. The second-order valence-corrected chi connectivity index (χ2v) is 3.60. The van der Waals surface area contributed by atoms with Crippen LogP contribution in [0.25, 0.3) is 0 Å². The van der Waals surface area contributed by atoms with Gasteiger partial charge in [0.2, 0.25) is 5.75 Å². The first-order valence-electron chi connectivity index (χ1n) is 4.06. The van der Waals surface area contributed by atoms with Crippen molar-refractivity contribution >= 4 is 27.3 Å². The molecule has 1 aromatic rings. The summed E-state index contributed by atoms with van der Waals surface area (Å²) in [5.74, 6) is -0.487. The van der Waals surface area contributed by atoms with E-state index in [4.69, 9.17) is 0 Å². The number of alkyl halides is 2. The van der Waals surface area contributed by atoms with Crippen molar-refractivity contribution in [2.24, 2.45) is 0 Å². The van der Waals surface area contributed by atoms with Gasteiger partial charge < -0.3 is 10.1 Å². The Bertz CT molecular complexity index is 415. The smallest absolute Gasteiger partial charge is 0.387 e. The predicted molar refractivity (Wildman–Crippen MR) is 57.0 cm³/mol. The molecular weight excluding hydrogens is 290 g/mol. The molecule has 8 heteroatoms. The molecule has 0 radical (unpaired) electrons. The molecule has 1 N–H and O–H groups in total. The SMILES string of the molecule is CNc1cc(Br)cc(OC(F)F)c1[N+](=O)[O-]. The van der Waals surface area contributed by atoms with Crippen molar-refractivity contribution in [3.8, 4) is 5.75 Å². The third-order valence-corrected chi connectivity index (χ3v) is 2.17. The maximum absolute atomic E-state index is 12.1. The molecule has 1 rings (SSSR count). The quantitative estimate of drug-likeness (QED) is 0.685. The van der Waals surface area contributed by atoms with E-state index in [9.17, 15) is 18.9 Å². The maximum Gasteiger partial charge on any atom is 0.387 e. The lowest BCUT2D eigenvalue weighted by molar-refractivity contribution is -0.385. The number of nitrogens with zero attached hydrogens (tertiary/aromatic N) is 1. The van der Waals surface area contributed by atoms with Gasteiger partial charge in [-0.1, -0.05) is 15.9 Å². The molecule has 0 aromatic heterocycles. The van der Waals surface area contributed by atoms with Gasteiger partial charge in [0.15, 0.2) is 0 Å². The van der Waals surface area contributed by atoms with Crippen LogP contribution in [0, 0.1) is 10.1 Å². The highest BCUT2D eigenvalue weighted by atomic mass is 79.9. The van der Waals surface area contributed by atoms with E-state index in [-0.39, 0.29) is 5.69 Å². The number of hydrogen-bond acceptors (Lipinski definition) is 4. The number of halogens is 3. The number of nitrogens with one attached hydrogen (secondary N) is 1. The van der Waals surface area contributed by atoms with Crippen LogP contribution >= 0.6 is 15.9 Å². The molecule has 0 aliphatic heterocycles. The monoisotopic (exact) mass is 296 g/mol. The first kappa shape index (κ1) is 12.6. The summed E-state index contributed by atoms with van der Waals surface area (Å²) in [6.45, 7) is -3.11. The van der Waals surface area contributed by atoms with E-state index in [1.54, 1.807) is 0 Å². The summed E-state index contributed by atoms with van der Waals surface area (Å²) in [7, 11) is 1.45. The molecule has 0 unspecified atom stereocenters. The van der Waals surface area contributed by atoms with Gasteiger partial charge in [0.1, 0.15) is 5.69 Å². The van der Waals surface area contributed by atoms with E-state index in [0.717, 1.165) is 6.07 Å². The highest BCUT2D eigenvalue weighted by Gasteiger charge is 2.23. The molecule has 0 heterocycles. The van der Waals surface area contributed by atoms with E-state index in [1.165, 1.54) is 13.1 Å². The predicted octanol–water partition coefficient (Wildman–Crippen LogP) is 3.00. The average Bonchev–Trinajstić information content (AvgIpc) is 2.14. The minimum Gasteiger partial charge on any atom is -0.427 e. The molecule has 0 fully saturated rings. The largest absolute Gasteiger partial charge is 0.427 e. The van der Waals surface area contributed by atoms with Gasteiger partial charge in [0.25, 0.3) is 0 Å². The molecule has 0 saturated heterocycles. The Kier molecular flexibility index (Phi) is 3.99.